The fraction of sp³-hybridized carbons (Fsp3) is 0.944. The number of rotatable bonds is 16. The summed E-state index contributed by atoms with van der Waals surface area (Å²) in [6.45, 7) is 0.327. The molecule has 0 saturated carbocycles. The Hall–Kier alpha value is -0.610. The summed E-state index contributed by atoms with van der Waals surface area (Å²) in [7, 11) is 0. The first kappa shape index (κ1) is 19.4. The maximum Gasteiger partial charge on any atom is 0.303 e. The fourth-order valence-electron chi connectivity index (χ4n) is 3.00. The van der Waals surface area contributed by atoms with Crippen molar-refractivity contribution in [2.75, 3.05) is 6.61 Å². The van der Waals surface area contributed by atoms with Gasteiger partial charge < -0.3 is 14.9 Å². The van der Waals surface area contributed by atoms with Gasteiger partial charge in [0.05, 0.1) is 12.2 Å². The molecule has 2 atom stereocenters. The highest BCUT2D eigenvalue weighted by atomic mass is 16.6. The Morgan fingerprint density at radius 1 is 0.727 bits per heavy atom. The van der Waals surface area contributed by atoms with Gasteiger partial charge in [0.1, 0.15) is 0 Å². The number of carboxylic acid groups (broad SMARTS) is 1. The predicted molar refractivity (Wildman–Crippen MR) is 88.0 cm³/mol. The molecule has 22 heavy (non-hydrogen) atoms. The van der Waals surface area contributed by atoms with Crippen molar-refractivity contribution in [1.29, 1.82) is 0 Å². The van der Waals surface area contributed by atoms with Crippen LogP contribution in [-0.4, -0.2) is 35.0 Å². The van der Waals surface area contributed by atoms with Crippen molar-refractivity contribution in [1.82, 2.24) is 0 Å². The molecule has 130 valence electrons. The van der Waals surface area contributed by atoms with Crippen LogP contribution < -0.4 is 0 Å². The van der Waals surface area contributed by atoms with Crippen LogP contribution in [0.4, 0.5) is 0 Å². The summed E-state index contributed by atoms with van der Waals surface area (Å²) >= 11 is 0. The molecule has 0 aromatic heterocycles. The zero-order chi connectivity index (χ0) is 16.0. The molecule has 1 rings (SSSR count). The van der Waals surface area contributed by atoms with E-state index >= 15 is 0 Å². The van der Waals surface area contributed by atoms with E-state index in [4.69, 9.17) is 14.9 Å². The van der Waals surface area contributed by atoms with Crippen molar-refractivity contribution in [3.8, 4) is 0 Å². The first-order chi connectivity index (χ1) is 10.7. The van der Waals surface area contributed by atoms with Crippen LogP contribution in [-0.2, 0) is 9.53 Å². The minimum Gasteiger partial charge on any atom is -0.481 e. The first-order valence-corrected chi connectivity index (χ1v) is 9.22. The van der Waals surface area contributed by atoms with Crippen LogP contribution in [0.5, 0.6) is 0 Å². The second-order valence-corrected chi connectivity index (χ2v) is 6.55. The van der Waals surface area contributed by atoms with E-state index in [1.165, 1.54) is 51.4 Å². The number of unbranched alkanes of at least 4 members (excludes halogenated alkanes) is 9. The molecular formula is C18H34O4. The predicted octanol–water partition coefficient (Wildman–Crippen LogP) is 4.29. The van der Waals surface area contributed by atoms with E-state index in [2.05, 4.69) is 0 Å². The SMILES string of the molecule is O=C(O)CCCCCCCCC1OC1CCCCCCCO. The van der Waals surface area contributed by atoms with E-state index in [0.29, 0.717) is 25.2 Å². The zero-order valence-corrected chi connectivity index (χ0v) is 14.0. The van der Waals surface area contributed by atoms with Gasteiger partial charge in [-0.25, -0.2) is 0 Å². The fourth-order valence-corrected chi connectivity index (χ4v) is 3.00. The number of aliphatic carboxylic acids is 1. The van der Waals surface area contributed by atoms with Gasteiger partial charge in [-0.3, -0.25) is 4.79 Å². The van der Waals surface area contributed by atoms with Gasteiger partial charge in [-0.2, -0.15) is 0 Å². The highest BCUT2D eigenvalue weighted by molar-refractivity contribution is 5.66. The molecule has 2 unspecified atom stereocenters. The van der Waals surface area contributed by atoms with Gasteiger partial charge in [0.2, 0.25) is 0 Å². The maximum absolute atomic E-state index is 10.4. The van der Waals surface area contributed by atoms with Crippen LogP contribution in [0, 0.1) is 0 Å². The van der Waals surface area contributed by atoms with Gasteiger partial charge in [-0.05, 0) is 25.7 Å². The van der Waals surface area contributed by atoms with Crippen molar-refractivity contribution in [3.63, 3.8) is 0 Å². The molecule has 0 spiro atoms. The molecule has 1 heterocycles. The summed E-state index contributed by atoms with van der Waals surface area (Å²) < 4.78 is 5.71. The van der Waals surface area contributed by atoms with Gasteiger partial charge in [-0.1, -0.05) is 57.8 Å². The number of hydrogen-bond acceptors (Lipinski definition) is 3. The van der Waals surface area contributed by atoms with Crippen LogP contribution in [0.3, 0.4) is 0 Å². The molecule has 1 fully saturated rings. The molecule has 4 nitrogen and oxygen atoms in total. The molecule has 0 aliphatic carbocycles. The number of aliphatic hydroxyl groups is 1. The number of ether oxygens (including phenoxy) is 1. The number of epoxide rings is 1. The van der Waals surface area contributed by atoms with Crippen LogP contribution in [0.25, 0.3) is 0 Å². The Morgan fingerprint density at radius 2 is 1.18 bits per heavy atom. The number of carboxylic acids is 1. The zero-order valence-electron chi connectivity index (χ0n) is 14.0. The molecule has 1 aliphatic heterocycles. The normalized spacial score (nSPS) is 20.2. The second-order valence-electron chi connectivity index (χ2n) is 6.55. The Morgan fingerprint density at radius 3 is 1.68 bits per heavy atom. The average molecular weight is 314 g/mol. The Kier molecular flexibility index (Phi) is 11.4. The van der Waals surface area contributed by atoms with Gasteiger partial charge in [0.15, 0.2) is 0 Å². The van der Waals surface area contributed by atoms with Crippen molar-refractivity contribution in [3.05, 3.63) is 0 Å². The Labute approximate surface area is 135 Å². The molecule has 2 N–H and O–H groups in total. The van der Waals surface area contributed by atoms with Gasteiger partial charge in [0, 0.05) is 13.0 Å². The molecule has 0 amide bonds. The molecule has 1 aliphatic rings. The summed E-state index contributed by atoms with van der Waals surface area (Å²) in [6.07, 6.45) is 16.4. The van der Waals surface area contributed by atoms with Crippen LogP contribution in [0.2, 0.25) is 0 Å². The lowest BCUT2D eigenvalue weighted by Crippen LogP contribution is -1.95. The Balaban J connectivity index is 1.75. The van der Waals surface area contributed by atoms with Crippen molar-refractivity contribution < 1.29 is 19.7 Å². The smallest absolute Gasteiger partial charge is 0.303 e. The lowest BCUT2D eigenvalue weighted by molar-refractivity contribution is -0.137. The van der Waals surface area contributed by atoms with Crippen LogP contribution in [0.15, 0.2) is 0 Å². The number of hydrogen-bond donors (Lipinski definition) is 2. The summed E-state index contributed by atoms with van der Waals surface area (Å²) in [5, 5.41) is 17.2. The van der Waals surface area contributed by atoms with Gasteiger partial charge >= 0.3 is 5.97 Å². The molecule has 0 radical (unpaired) electrons. The van der Waals surface area contributed by atoms with Crippen molar-refractivity contribution >= 4 is 5.97 Å². The lowest BCUT2D eigenvalue weighted by Gasteiger charge is -2.00. The number of carbonyl (C=O) groups is 1. The van der Waals surface area contributed by atoms with E-state index in [1.807, 2.05) is 0 Å². The topological polar surface area (TPSA) is 70.1 Å². The first-order valence-electron chi connectivity index (χ1n) is 9.22. The highest BCUT2D eigenvalue weighted by Gasteiger charge is 2.36. The highest BCUT2D eigenvalue weighted by Crippen LogP contribution is 2.31. The second kappa shape index (κ2) is 12.9. The summed E-state index contributed by atoms with van der Waals surface area (Å²) in [5.74, 6) is -0.676. The van der Waals surface area contributed by atoms with Gasteiger partial charge in [-0.15, -0.1) is 0 Å². The van der Waals surface area contributed by atoms with Gasteiger partial charge in [0.25, 0.3) is 0 Å². The minimum absolute atomic E-state index is 0.317. The quantitative estimate of drug-likeness (QED) is 0.329. The third-order valence-electron chi connectivity index (χ3n) is 4.46. The number of aliphatic hydroxyl groups excluding tert-OH is 1. The monoisotopic (exact) mass is 314 g/mol. The summed E-state index contributed by atoms with van der Waals surface area (Å²) in [6, 6.07) is 0. The molecule has 4 heteroatoms. The maximum atomic E-state index is 10.4. The summed E-state index contributed by atoms with van der Waals surface area (Å²) in [4.78, 5) is 10.4. The van der Waals surface area contributed by atoms with E-state index in [-0.39, 0.29) is 0 Å². The standard InChI is InChI=1S/C18H34O4/c19-15-11-7-3-5-9-13-17-16(22-17)12-8-4-1-2-6-10-14-18(20)21/h16-17,19H,1-15H2,(H,20,21). The van der Waals surface area contributed by atoms with E-state index < -0.39 is 5.97 Å². The molecule has 0 bridgehead atoms. The van der Waals surface area contributed by atoms with E-state index in [1.54, 1.807) is 0 Å². The molecule has 0 aromatic rings. The molecule has 1 saturated heterocycles. The third kappa shape index (κ3) is 11.0. The average Bonchev–Trinajstić information content (AvgIpc) is 3.23. The van der Waals surface area contributed by atoms with Crippen molar-refractivity contribution in [2.45, 2.75) is 102 Å². The van der Waals surface area contributed by atoms with E-state index in [0.717, 1.165) is 32.1 Å². The summed E-state index contributed by atoms with van der Waals surface area (Å²) in [5.41, 5.74) is 0. The van der Waals surface area contributed by atoms with Crippen molar-refractivity contribution in [2.24, 2.45) is 0 Å². The minimum atomic E-state index is -0.676. The molecule has 0 aromatic carbocycles. The van der Waals surface area contributed by atoms with Crippen LogP contribution in [0.1, 0.15) is 89.9 Å². The molecular weight excluding hydrogens is 280 g/mol. The third-order valence-corrected chi connectivity index (χ3v) is 4.46. The van der Waals surface area contributed by atoms with Crippen LogP contribution >= 0.6 is 0 Å². The Bertz CT molecular complexity index is 280. The largest absolute Gasteiger partial charge is 0.481 e. The van der Waals surface area contributed by atoms with E-state index in [9.17, 15) is 4.79 Å². The lowest BCUT2D eigenvalue weighted by atomic mass is 10.0.